The second kappa shape index (κ2) is 6.33. The molecule has 0 bridgehead atoms. The Kier molecular flexibility index (Phi) is 4.24. The fraction of sp³-hybridized carbons (Fsp3) is 0.238. The van der Waals surface area contributed by atoms with Gasteiger partial charge in [0.05, 0.1) is 0 Å². The minimum Gasteiger partial charge on any atom is -0.295 e. The molecule has 0 saturated heterocycles. The molecule has 0 aromatic heterocycles. The lowest BCUT2D eigenvalue weighted by Gasteiger charge is -2.32. The van der Waals surface area contributed by atoms with Crippen LogP contribution in [0.4, 0.5) is 0 Å². The molecule has 1 atom stereocenters. The van der Waals surface area contributed by atoms with Gasteiger partial charge in [0.1, 0.15) is 0 Å². The minimum atomic E-state index is -0.591. The van der Waals surface area contributed by atoms with Crippen molar-refractivity contribution < 1.29 is 9.59 Å². The molecule has 2 aromatic carbocycles. The largest absolute Gasteiger partial charge is 0.295 e. The summed E-state index contributed by atoms with van der Waals surface area (Å²) in [7, 11) is 0. The van der Waals surface area contributed by atoms with Gasteiger partial charge in [-0.2, -0.15) is 0 Å². The molecule has 0 aliphatic heterocycles. The number of hydrogen-bond acceptors (Lipinski definition) is 2. The molecule has 116 valence electrons. The highest BCUT2D eigenvalue weighted by Gasteiger charge is 2.39. The van der Waals surface area contributed by atoms with Crippen LogP contribution >= 0.6 is 0 Å². The summed E-state index contributed by atoms with van der Waals surface area (Å²) in [6.07, 6.45) is 5.26. The van der Waals surface area contributed by atoms with Gasteiger partial charge in [0.25, 0.3) is 0 Å². The van der Waals surface area contributed by atoms with Crippen LogP contribution in [0.25, 0.3) is 6.08 Å². The molecule has 2 nitrogen and oxygen atoms in total. The molecule has 23 heavy (non-hydrogen) atoms. The third-order valence-electron chi connectivity index (χ3n) is 4.58. The Hall–Kier alpha value is -2.48. The van der Waals surface area contributed by atoms with Gasteiger partial charge in [0, 0.05) is 17.4 Å². The molecule has 1 unspecified atom stereocenters. The Bertz CT molecular complexity index is 758. The first-order chi connectivity index (χ1) is 11.1. The third kappa shape index (κ3) is 3.31. The van der Waals surface area contributed by atoms with E-state index in [4.69, 9.17) is 0 Å². The molecule has 0 fully saturated rings. The Morgan fingerprint density at radius 1 is 1.09 bits per heavy atom. The number of carbonyl (C=O) groups excluding carboxylic acids is 2. The van der Waals surface area contributed by atoms with Gasteiger partial charge < -0.3 is 0 Å². The highest BCUT2D eigenvalue weighted by Crippen LogP contribution is 2.38. The van der Waals surface area contributed by atoms with Crippen molar-refractivity contribution in [2.75, 3.05) is 0 Å². The summed E-state index contributed by atoms with van der Waals surface area (Å²) in [4.78, 5) is 25.1. The van der Waals surface area contributed by atoms with E-state index in [1.54, 1.807) is 6.08 Å². The van der Waals surface area contributed by atoms with Crippen LogP contribution in [-0.2, 0) is 11.2 Å². The van der Waals surface area contributed by atoms with Crippen LogP contribution < -0.4 is 0 Å². The van der Waals surface area contributed by atoms with Gasteiger partial charge >= 0.3 is 0 Å². The van der Waals surface area contributed by atoms with Crippen molar-refractivity contribution in [3.05, 3.63) is 77.4 Å². The predicted octanol–water partition coefficient (Wildman–Crippen LogP) is 4.49. The van der Waals surface area contributed by atoms with Crippen molar-refractivity contribution in [3.8, 4) is 0 Å². The standard InChI is InChI=1S/C21H20O2/c1-21(14-13-17-9-5-6-10-19(17)20(21)23)15-18(22)12-11-16-7-3-2-4-8-16/h2-12H,13-15H2,1H3/b12-11+. The normalized spacial score (nSPS) is 20.5. The van der Waals surface area contributed by atoms with E-state index in [1.807, 2.05) is 67.6 Å². The molecule has 0 N–H and O–H groups in total. The first kappa shape index (κ1) is 15.4. The highest BCUT2D eigenvalue weighted by atomic mass is 16.1. The van der Waals surface area contributed by atoms with E-state index in [1.165, 1.54) is 0 Å². The van der Waals surface area contributed by atoms with Gasteiger partial charge in [0.2, 0.25) is 0 Å². The lowest BCUT2D eigenvalue weighted by atomic mass is 9.69. The van der Waals surface area contributed by atoms with Crippen molar-refractivity contribution >= 4 is 17.6 Å². The van der Waals surface area contributed by atoms with Crippen molar-refractivity contribution in [1.82, 2.24) is 0 Å². The number of hydrogen-bond donors (Lipinski definition) is 0. The molecule has 0 heterocycles. The highest BCUT2D eigenvalue weighted by molar-refractivity contribution is 6.06. The van der Waals surface area contributed by atoms with Crippen molar-refractivity contribution in [1.29, 1.82) is 0 Å². The molecule has 0 amide bonds. The Balaban J connectivity index is 1.73. The molecular weight excluding hydrogens is 284 g/mol. The van der Waals surface area contributed by atoms with Crippen molar-refractivity contribution in [2.24, 2.45) is 5.41 Å². The number of allylic oxidation sites excluding steroid dienone is 1. The predicted molar refractivity (Wildman–Crippen MR) is 92.3 cm³/mol. The van der Waals surface area contributed by atoms with E-state index in [2.05, 4.69) is 0 Å². The number of carbonyl (C=O) groups is 2. The van der Waals surface area contributed by atoms with Crippen LogP contribution in [0.3, 0.4) is 0 Å². The Morgan fingerprint density at radius 2 is 1.78 bits per heavy atom. The van der Waals surface area contributed by atoms with E-state index in [0.29, 0.717) is 0 Å². The maximum absolute atomic E-state index is 12.8. The number of rotatable bonds is 4. The topological polar surface area (TPSA) is 34.1 Å². The number of ketones is 2. The van der Waals surface area contributed by atoms with E-state index in [0.717, 1.165) is 29.5 Å². The second-order valence-corrected chi connectivity index (χ2v) is 6.43. The summed E-state index contributed by atoms with van der Waals surface area (Å²) in [6, 6.07) is 17.4. The van der Waals surface area contributed by atoms with E-state index >= 15 is 0 Å². The zero-order valence-electron chi connectivity index (χ0n) is 13.3. The van der Waals surface area contributed by atoms with Crippen LogP contribution in [0.1, 0.15) is 41.3 Å². The van der Waals surface area contributed by atoms with Gasteiger partial charge in [-0.3, -0.25) is 9.59 Å². The van der Waals surface area contributed by atoms with Crippen LogP contribution in [0.5, 0.6) is 0 Å². The van der Waals surface area contributed by atoms with E-state index < -0.39 is 5.41 Å². The molecule has 0 saturated carbocycles. The quantitative estimate of drug-likeness (QED) is 0.780. The summed E-state index contributed by atoms with van der Waals surface area (Å²) < 4.78 is 0. The summed E-state index contributed by atoms with van der Waals surface area (Å²) in [5, 5.41) is 0. The summed E-state index contributed by atoms with van der Waals surface area (Å²) in [5.74, 6) is 0.102. The van der Waals surface area contributed by atoms with Crippen molar-refractivity contribution in [3.63, 3.8) is 0 Å². The number of fused-ring (bicyclic) bond motifs is 1. The maximum Gasteiger partial charge on any atom is 0.169 e. The van der Waals surface area contributed by atoms with Crippen LogP contribution in [-0.4, -0.2) is 11.6 Å². The summed E-state index contributed by atoms with van der Waals surface area (Å²) in [5.41, 5.74) is 2.28. The van der Waals surface area contributed by atoms with Gasteiger partial charge in [-0.05, 0) is 30.0 Å². The Morgan fingerprint density at radius 3 is 2.57 bits per heavy atom. The van der Waals surface area contributed by atoms with Gasteiger partial charge in [-0.15, -0.1) is 0 Å². The lowest BCUT2D eigenvalue weighted by molar-refractivity contribution is -0.116. The SMILES string of the molecule is CC1(CC(=O)/C=C/c2ccccc2)CCc2ccccc2C1=O. The zero-order chi connectivity index (χ0) is 16.3. The molecule has 0 radical (unpaired) electrons. The van der Waals surface area contributed by atoms with Gasteiger partial charge in [-0.1, -0.05) is 67.6 Å². The molecule has 1 aliphatic rings. The fourth-order valence-corrected chi connectivity index (χ4v) is 3.17. The van der Waals surface area contributed by atoms with Gasteiger partial charge in [0.15, 0.2) is 11.6 Å². The summed E-state index contributed by atoms with van der Waals surface area (Å²) in [6.45, 7) is 1.92. The number of Topliss-reactive ketones (excluding diaryl/α,β-unsaturated/α-hetero) is 1. The zero-order valence-corrected chi connectivity index (χ0v) is 13.3. The smallest absolute Gasteiger partial charge is 0.169 e. The molecular formula is C21H20O2. The number of aryl methyl sites for hydroxylation is 1. The number of benzene rings is 2. The van der Waals surface area contributed by atoms with Crippen molar-refractivity contribution in [2.45, 2.75) is 26.2 Å². The molecule has 2 heteroatoms. The fourth-order valence-electron chi connectivity index (χ4n) is 3.17. The third-order valence-corrected chi connectivity index (χ3v) is 4.58. The van der Waals surface area contributed by atoms with Crippen LogP contribution in [0.2, 0.25) is 0 Å². The second-order valence-electron chi connectivity index (χ2n) is 6.43. The molecule has 2 aromatic rings. The molecule has 1 aliphatic carbocycles. The average molecular weight is 304 g/mol. The van der Waals surface area contributed by atoms with Gasteiger partial charge in [-0.25, -0.2) is 0 Å². The molecule has 3 rings (SSSR count). The minimum absolute atomic E-state index is 0.00378. The van der Waals surface area contributed by atoms with Crippen LogP contribution in [0.15, 0.2) is 60.7 Å². The average Bonchev–Trinajstić information content (AvgIpc) is 2.58. The van der Waals surface area contributed by atoms with Crippen LogP contribution in [0, 0.1) is 5.41 Å². The van der Waals surface area contributed by atoms with E-state index in [9.17, 15) is 9.59 Å². The Labute approximate surface area is 136 Å². The van der Waals surface area contributed by atoms with E-state index in [-0.39, 0.29) is 18.0 Å². The first-order valence-electron chi connectivity index (χ1n) is 7.97. The lowest BCUT2D eigenvalue weighted by Crippen LogP contribution is -2.35. The maximum atomic E-state index is 12.8. The molecule has 0 spiro atoms. The summed E-state index contributed by atoms with van der Waals surface area (Å²) >= 11 is 0. The first-order valence-corrected chi connectivity index (χ1v) is 7.97. The monoisotopic (exact) mass is 304 g/mol.